The van der Waals surface area contributed by atoms with Crippen molar-refractivity contribution in [3.05, 3.63) is 170 Å². The predicted molar refractivity (Wildman–Crippen MR) is 207 cm³/mol. The van der Waals surface area contributed by atoms with E-state index in [9.17, 15) is 0 Å². The van der Waals surface area contributed by atoms with Gasteiger partial charge in [0.25, 0.3) is 0 Å². The smallest absolute Gasteiger partial charge is 0.227 e. The van der Waals surface area contributed by atoms with Gasteiger partial charge < -0.3 is 4.42 Å². The van der Waals surface area contributed by atoms with E-state index >= 15 is 0 Å². The first-order valence-corrected chi connectivity index (χ1v) is 17.0. The van der Waals surface area contributed by atoms with Crippen LogP contribution in [0.3, 0.4) is 0 Å². The lowest BCUT2D eigenvalue weighted by Crippen LogP contribution is -2.01. The molecule has 0 unspecified atom stereocenters. The molecule has 0 atom stereocenters. The number of hydrogen-bond donors (Lipinski definition) is 0. The van der Waals surface area contributed by atoms with Gasteiger partial charge in [0.2, 0.25) is 5.71 Å². The molecular formula is C46H28N4O. The fourth-order valence-corrected chi connectivity index (χ4v) is 7.12. The highest BCUT2D eigenvalue weighted by Crippen LogP contribution is 2.41. The molecule has 0 aliphatic heterocycles. The molecule has 10 aromatic rings. The monoisotopic (exact) mass is 652 g/mol. The van der Waals surface area contributed by atoms with Crippen LogP contribution in [0, 0.1) is 0 Å². The van der Waals surface area contributed by atoms with Crippen LogP contribution >= 0.6 is 0 Å². The van der Waals surface area contributed by atoms with Crippen LogP contribution in [0.25, 0.3) is 100 Å². The summed E-state index contributed by atoms with van der Waals surface area (Å²) in [6.07, 6.45) is 1.88. The van der Waals surface area contributed by atoms with Crippen LogP contribution in [-0.4, -0.2) is 19.9 Å². The average molecular weight is 653 g/mol. The second-order valence-corrected chi connectivity index (χ2v) is 12.7. The van der Waals surface area contributed by atoms with Gasteiger partial charge in [-0.1, -0.05) is 140 Å². The third kappa shape index (κ3) is 5.03. The van der Waals surface area contributed by atoms with E-state index in [-0.39, 0.29) is 0 Å². The van der Waals surface area contributed by atoms with Gasteiger partial charge in [-0.05, 0) is 62.5 Å². The van der Waals surface area contributed by atoms with Crippen molar-refractivity contribution in [2.24, 2.45) is 0 Å². The van der Waals surface area contributed by atoms with E-state index in [2.05, 4.69) is 84.9 Å². The van der Waals surface area contributed by atoms with Crippen LogP contribution < -0.4 is 0 Å². The Hall–Kier alpha value is -6.98. The van der Waals surface area contributed by atoms with Crippen LogP contribution in [0.1, 0.15) is 0 Å². The largest absolute Gasteiger partial charge is 0.438 e. The lowest BCUT2D eigenvalue weighted by Gasteiger charge is -2.16. The summed E-state index contributed by atoms with van der Waals surface area (Å²) in [5.41, 5.74) is 8.33. The van der Waals surface area contributed by atoms with Gasteiger partial charge in [0.15, 0.2) is 17.5 Å². The molecule has 0 aliphatic rings. The first-order valence-electron chi connectivity index (χ1n) is 17.0. The van der Waals surface area contributed by atoms with Crippen molar-refractivity contribution in [2.75, 3.05) is 0 Å². The first kappa shape index (κ1) is 29.0. The molecule has 238 valence electrons. The maximum Gasteiger partial charge on any atom is 0.227 e. The zero-order valence-corrected chi connectivity index (χ0v) is 27.4. The van der Waals surface area contributed by atoms with Crippen molar-refractivity contribution in [3.63, 3.8) is 0 Å². The Balaban J connectivity index is 1.26. The molecule has 7 aromatic carbocycles. The number of fused-ring (bicyclic) bond motifs is 6. The van der Waals surface area contributed by atoms with Gasteiger partial charge in [-0.2, -0.15) is 0 Å². The lowest BCUT2D eigenvalue weighted by atomic mass is 9.89. The summed E-state index contributed by atoms with van der Waals surface area (Å²) in [5, 5.41) is 6.78. The van der Waals surface area contributed by atoms with E-state index in [0.717, 1.165) is 55.3 Å². The highest BCUT2D eigenvalue weighted by molar-refractivity contribution is 6.15. The van der Waals surface area contributed by atoms with E-state index in [1.807, 2.05) is 85.1 Å². The number of nitrogens with zero attached hydrogens (tertiary/aromatic N) is 4. The molecule has 0 saturated heterocycles. The molecule has 5 nitrogen and oxygen atoms in total. The Bertz CT molecular complexity index is 2860. The van der Waals surface area contributed by atoms with Crippen LogP contribution in [0.15, 0.2) is 174 Å². The summed E-state index contributed by atoms with van der Waals surface area (Å²) >= 11 is 0. The zero-order valence-electron chi connectivity index (χ0n) is 27.4. The summed E-state index contributed by atoms with van der Waals surface area (Å²) in [5.74, 6) is 1.83. The summed E-state index contributed by atoms with van der Waals surface area (Å²) in [6.45, 7) is 0. The number of rotatable bonds is 5. The predicted octanol–water partition coefficient (Wildman–Crippen LogP) is 11.8. The fourth-order valence-electron chi connectivity index (χ4n) is 7.12. The standard InChI is InChI=1S/C46H28N4O/c1-3-13-29(14-4-1)43-48-44(30-15-5-2-6-16-30)50-45(49-43)40-25-31(33-27-41-38-21-11-12-22-42(38)51-46(41)47-28-33)23-24-37(40)39-26-32-17-7-8-18-34(32)35-19-9-10-20-36(35)39/h1-28H. The minimum Gasteiger partial charge on any atom is -0.438 e. The fraction of sp³-hybridized carbons (Fsp3) is 0. The number of aromatic nitrogens is 4. The molecule has 10 rings (SSSR count). The van der Waals surface area contributed by atoms with Gasteiger partial charge in [-0.3, -0.25) is 0 Å². The minimum atomic E-state index is 0.597. The summed E-state index contributed by atoms with van der Waals surface area (Å²) < 4.78 is 6.06. The van der Waals surface area contributed by atoms with Crippen molar-refractivity contribution >= 4 is 43.6 Å². The van der Waals surface area contributed by atoms with Crippen LogP contribution in [0.4, 0.5) is 0 Å². The SMILES string of the molecule is c1ccc(-c2nc(-c3ccccc3)nc(-c3cc(-c4cnc5oc6ccccc6c5c4)ccc3-c3cc4ccccc4c4ccccc34)n2)cc1. The molecule has 0 fully saturated rings. The first-order chi connectivity index (χ1) is 25.3. The highest BCUT2D eigenvalue weighted by Gasteiger charge is 2.20. The summed E-state index contributed by atoms with van der Waals surface area (Å²) in [6, 6.07) is 56.5. The van der Waals surface area contributed by atoms with Crippen molar-refractivity contribution < 1.29 is 4.42 Å². The third-order valence-corrected chi connectivity index (χ3v) is 9.59. The van der Waals surface area contributed by atoms with Crippen molar-refractivity contribution in [1.82, 2.24) is 19.9 Å². The Morgan fingerprint density at radius 3 is 1.71 bits per heavy atom. The molecule has 51 heavy (non-hydrogen) atoms. The molecule has 0 bridgehead atoms. The second kappa shape index (κ2) is 11.9. The highest BCUT2D eigenvalue weighted by atomic mass is 16.3. The normalized spacial score (nSPS) is 11.5. The average Bonchev–Trinajstić information content (AvgIpc) is 3.59. The second-order valence-electron chi connectivity index (χ2n) is 12.7. The molecule has 0 spiro atoms. The van der Waals surface area contributed by atoms with Crippen molar-refractivity contribution in [3.8, 4) is 56.4 Å². The van der Waals surface area contributed by atoms with Crippen molar-refractivity contribution in [1.29, 1.82) is 0 Å². The molecule has 0 N–H and O–H groups in total. The number of para-hydroxylation sites is 1. The molecule has 5 heteroatoms. The van der Waals surface area contributed by atoms with E-state index < -0.39 is 0 Å². The van der Waals surface area contributed by atoms with Gasteiger partial charge in [-0.15, -0.1) is 0 Å². The van der Waals surface area contributed by atoms with Gasteiger partial charge in [0.1, 0.15) is 5.58 Å². The Kier molecular flexibility index (Phi) is 6.74. The van der Waals surface area contributed by atoms with Gasteiger partial charge in [0.05, 0.1) is 0 Å². The Morgan fingerprint density at radius 1 is 0.353 bits per heavy atom. The summed E-state index contributed by atoms with van der Waals surface area (Å²) in [7, 11) is 0. The van der Waals surface area contributed by atoms with Gasteiger partial charge >= 0.3 is 0 Å². The van der Waals surface area contributed by atoms with E-state index in [4.69, 9.17) is 24.4 Å². The van der Waals surface area contributed by atoms with Crippen molar-refractivity contribution in [2.45, 2.75) is 0 Å². The molecule has 3 heterocycles. The quantitative estimate of drug-likeness (QED) is 0.173. The number of furan rings is 1. The molecule has 3 aromatic heterocycles. The summed E-state index contributed by atoms with van der Waals surface area (Å²) in [4.78, 5) is 20.1. The third-order valence-electron chi connectivity index (χ3n) is 9.59. The van der Waals surface area contributed by atoms with E-state index in [1.165, 1.54) is 21.5 Å². The number of benzene rings is 7. The molecule has 0 radical (unpaired) electrons. The molecular weight excluding hydrogens is 625 g/mol. The van der Waals surface area contributed by atoms with Crippen LogP contribution in [0.2, 0.25) is 0 Å². The minimum absolute atomic E-state index is 0.597. The Labute approximate surface area is 293 Å². The van der Waals surface area contributed by atoms with E-state index in [1.54, 1.807) is 0 Å². The zero-order chi connectivity index (χ0) is 33.7. The molecule has 0 saturated carbocycles. The van der Waals surface area contributed by atoms with Crippen LogP contribution in [-0.2, 0) is 0 Å². The Morgan fingerprint density at radius 2 is 0.961 bits per heavy atom. The number of hydrogen-bond acceptors (Lipinski definition) is 5. The van der Waals surface area contributed by atoms with Gasteiger partial charge in [0, 0.05) is 39.2 Å². The maximum absolute atomic E-state index is 6.06. The number of pyridine rings is 1. The maximum atomic E-state index is 6.06. The van der Waals surface area contributed by atoms with Crippen LogP contribution in [0.5, 0.6) is 0 Å². The molecule has 0 aliphatic carbocycles. The topological polar surface area (TPSA) is 64.7 Å². The molecule has 0 amide bonds. The van der Waals surface area contributed by atoms with E-state index in [0.29, 0.717) is 23.2 Å². The lowest BCUT2D eigenvalue weighted by molar-refractivity contribution is 0.654. The van der Waals surface area contributed by atoms with Gasteiger partial charge in [-0.25, -0.2) is 19.9 Å².